The van der Waals surface area contributed by atoms with E-state index >= 15 is 0 Å². The zero-order valence-electron chi connectivity index (χ0n) is 12.5. The number of likely N-dealkylation sites (N-methyl/N-ethyl adjacent to an activating group) is 1. The van der Waals surface area contributed by atoms with Crippen LogP contribution in [0.4, 0.5) is 0 Å². The lowest BCUT2D eigenvalue weighted by Crippen LogP contribution is -2.27. The summed E-state index contributed by atoms with van der Waals surface area (Å²) in [5.41, 5.74) is 1.15. The lowest BCUT2D eigenvalue weighted by Gasteiger charge is -2.14. The summed E-state index contributed by atoms with van der Waals surface area (Å²) >= 11 is 0. The second-order valence-electron chi connectivity index (χ2n) is 5.51. The topological polar surface area (TPSA) is 60.2 Å². The van der Waals surface area contributed by atoms with Crippen LogP contribution in [-0.4, -0.2) is 30.3 Å². The first kappa shape index (κ1) is 14.1. The average molecular weight is 287 g/mol. The van der Waals surface area contributed by atoms with Gasteiger partial charge in [-0.3, -0.25) is 0 Å². The standard InChI is InChI=1S/C16H21N3O2/c1-17-14-5-3-4-13(14)16-18-15(19-21-16)10-11-6-8-12(20-2)9-7-11/h6-9,13-14,17H,3-5,10H2,1-2H3. The quantitative estimate of drug-likeness (QED) is 0.915. The van der Waals surface area contributed by atoms with Gasteiger partial charge in [-0.15, -0.1) is 0 Å². The lowest BCUT2D eigenvalue weighted by atomic mass is 10.0. The number of nitrogens with one attached hydrogen (secondary N) is 1. The van der Waals surface area contributed by atoms with Crippen LogP contribution in [0.1, 0.15) is 42.5 Å². The fourth-order valence-corrected chi connectivity index (χ4v) is 3.02. The van der Waals surface area contributed by atoms with Crippen LogP contribution in [0, 0.1) is 0 Å². The van der Waals surface area contributed by atoms with Gasteiger partial charge in [0, 0.05) is 12.5 Å². The van der Waals surface area contributed by atoms with Crippen LogP contribution in [0.5, 0.6) is 5.75 Å². The van der Waals surface area contributed by atoms with Gasteiger partial charge in [0.2, 0.25) is 5.89 Å². The summed E-state index contributed by atoms with van der Waals surface area (Å²) in [5.74, 6) is 2.73. The number of hydrogen-bond acceptors (Lipinski definition) is 5. The third-order valence-electron chi connectivity index (χ3n) is 4.21. The van der Waals surface area contributed by atoms with Gasteiger partial charge in [0.15, 0.2) is 5.82 Å². The largest absolute Gasteiger partial charge is 0.497 e. The minimum atomic E-state index is 0.354. The highest BCUT2D eigenvalue weighted by Gasteiger charge is 2.31. The predicted molar refractivity (Wildman–Crippen MR) is 79.5 cm³/mol. The van der Waals surface area contributed by atoms with Gasteiger partial charge in [0.05, 0.1) is 13.0 Å². The van der Waals surface area contributed by atoms with Crippen LogP contribution >= 0.6 is 0 Å². The van der Waals surface area contributed by atoms with E-state index in [-0.39, 0.29) is 0 Å². The van der Waals surface area contributed by atoms with Crippen LogP contribution in [-0.2, 0) is 6.42 Å². The molecule has 1 aromatic carbocycles. The summed E-state index contributed by atoms with van der Waals surface area (Å²) in [6.45, 7) is 0. The molecule has 5 nitrogen and oxygen atoms in total. The zero-order chi connectivity index (χ0) is 14.7. The van der Waals surface area contributed by atoms with Crippen molar-refractivity contribution in [2.45, 2.75) is 37.6 Å². The molecular formula is C16H21N3O2. The highest BCUT2D eigenvalue weighted by Crippen LogP contribution is 2.33. The van der Waals surface area contributed by atoms with Crippen LogP contribution in [0.3, 0.4) is 0 Å². The summed E-state index contributed by atoms with van der Waals surface area (Å²) in [4.78, 5) is 4.58. The molecule has 1 aliphatic carbocycles. The van der Waals surface area contributed by atoms with Gasteiger partial charge in [-0.25, -0.2) is 0 Å². The Kier molecular flexibility index (Phi) is 4.20. The molecule has 1 fully saturated rings. The molecule has 0 bridgehead atoms. The van der Waals surface area contributed by atoms with Crippen LogP contribution in [0.15, 0.2) is 28.8 Å². The van der Waals surface area contributed by atoms with Crippen LogP contribution in [0.25, 0.3) is 0 Å². The second kappa shape index (κ2) is 6.26. The number of ether oxygens (including phenoxy) is 1. The summed E-state index contributed by atoms with van der Waals surface area (Å²) < 4.78 is 10.6. The lowest BCUT2D eigenvalue weighted by molar-refractivity contribution is 0.332. The van der Waals surface area contributed by atoms with Gasteiger partial charge in [-0.1, -0.05) is 23.7 Å². The molecular weight excluding hydrogens is 266 g/mol. The minimum absolute atomic E-state index is 0.354. The Morgan fingerprint density at radius 1 is 1.29 bits per heavy atom. The van der Waals surface area contributed by atoms with E-state index in [1.54, 1.807) is 7.11 Å². The molecule has 1 N–H and O–H groups in total. The fourth-order valence-electron chi connectivity index (χ4n) is 3.02. The monoisotopic (exact) mass is 287 g/mol. The smallest absolute Gasteiger partial charge is 0.231 e. The average Bonchev–Trinajstić information content (AvgIpc) is 3.16. The Labute approximate surface area is 124 Å². The third kappa shape index (κ3) is 3.08. The molecule has 1 aliphatic rings. The van der Waals surface area contributed by atoms with Gasteiger partial charge in [0.25, 0.3) is 0 Å². The molecule has 0 amide bonds. The molecule has 2 atom stereocenters. The van der Waals surface area contributed by atoms with E-state index in [4.69, 9.17) is 9.26 Å². The van der Waals surface area contributed by atoms with Crippen molar-refractivity contribution in [1.29, 1.82) is 0 Å². The minimum Gasteiger partial charge on any atom is -0.497 e. The summed E-state index contributed by atoms with van der Waals surface area (Å²) in [5, 5.41) is 7.46. The van der Waals surface area contributed by atoms with E-state index in [1.807, 2.05) is 31.3 Å². The van der Waals surface area contributed by atoms with Gasteiger partial charge in [-0.2, -0.15) is 4.98 Å². The number of hydrogen-bond donors (Lipinski definition) is 1. The van der Waals surface area contributed by atoms with Gasteiger partial charge in [0.1, 0.15) is 5.75 Å². The van der Waals surface area contributed by atoms with Crippen molar-refractivity contribution in [2.24, 2.45) is 0 Å². The Hall–Kier alpha value is -1.88. The molecule has 1 saturated carbocycles. The normalized spacial score (nSPS) is 21.6. The third-order valence-corrected chi connectivity index (χ3v) is 4.21. The highest BCUT2D eigenvalue weighted by molar-refractivity contribution is 5.28. The number of aromatic nitrogens is 2. The molecule has 1 heterocycles. The van der Waals surface area contributed by atoms with Gasteiger partial charge < -0.3 is 14.6 Å². The van der Waals surface area contributed by atoms with Gasteiger partial charge >= 0.3 is 0 Å². The summed E-state index contributed by atoms with van der Waals surface area (Å²) in [7, 11) is 3.66. The van der Waals surface area contributed by atoms with Crippen molar-refractivity contribution in [3.8, 4) is 5.75 Å². The van der Waals surface area contributed by atoms with E-state index < -0.39 is 0 Å². The van der Waals surface area contributed by atoms with Crippen molar-refractivity contribution in [2.75, 3.05) is 14.2 Å². The molecule has 0 radical (unpaired) electrons. The first-order chi connectivity index (χ1) is 10.3. The number of benzene rings is 1. The molecule has 112 valence electrons. The van der Waals surface area contributed by atoms with Crippen molar-refractivity contribution >= 4 is 0 Å². The first-order valence-electron chi connectivity index (χ1n) is 7.43. The molecule has 0 aliphatic heterocycles. The first-order valence-corrected chi connectivity index (χ1v) is 7.43. The van der Waals surface area contributed by atoms with E-state index in [2.05, 4.69) is 15.5 Å². The van der Waals surface area contributed by atoms with E-state index in [0.717, 1.165) is 29.4 Å². The molecule has 5 heteroatoms. The molecule has 2 aromatic rings. The Morgan fingerprint density at radius 2 is 2.10 bits per heavy atom. The number of methoxy groups -OCH3 is 1. The Bertz CT molecular complexity index is 579. The predicted octanol–water partition coefficient (Wildman–Crippen LogP) is 2.52. The molecule has 0 saturated heterocycles. The maximum Gasteiger partial charge on any atom is 0.231 e. The van der Waals surface area contributed by atoms with E-state index in [0.29, 0.717) is 18.4 Å². The molecule has 1 aromatic heterocycles. The Morgan fingerprint density at radius 3 is 2.81 bits per heavy atom. The number of nitrogens with zero attached hydrogens (tertiary/aromatic N) is 2. The number of rotatable bonds is 5. The van der Waals surface area contributed by atoms with Crippen molar-refractivity contribution < 1.29 is 9.26 Å². The molecule has 0 spiro atoms. The van der Waals surface area contributed by atoms with Crippen molar-refractivity contribution in [1.82, 2.24) is 15.5 Å². The second-order valence-corrected chi connectivity index (χ2v) is 5.51. The zero-order valence-corrected chi connectivity index (χ0v) is 12.5. The van der Waals surface area contributed by atoms with Crippen LogP contribution in [0.2, 0.25) is 0 Å². The van der Waals surface area contributed by atoms with Crippen molar-refractivity contribution in [3.63, 3.8) is 0 Å². The Balaban J connectivity index is 1.69. The molecule has 2 unspecified atom stereocenters. The summed E-state index contributed by atoms with van der Waals surface area (Å²) in [6.07, 6.45) is 4.20. The van der Waals surface area contributed by atoms with Gasteiger partial charge in [-0.05, 0) is 37.6 Å². The fraction of sp³-hybridized carbons (Fsp3) is 0.500. The van der Waals surface area contributed by atoms with Crippen LogP contribution < -0.4 is 10.1 Å². The SMILES string of the molecule is CNC1CCCC1c1nc(Cc2ccc(OC)cc2)no1. The summed E-state index contributed by atoms with van der Waals surface area (Å²) in [6, 6.07) is 8.41. The van der Waals surface area contributed by atoms with E-state index in [9.17, 15) is 0 Å². The highest BCUT2D eigenvalue weighted by atomic mass is 16.5. The maximum atomic E-state index is 5.47. The van der Waals surface area contributed by atoms with E-state index in [1.165, 1.54) is 12.8 Å². The molecule has 3 rings (SSSR count). The van der Waals surface area contributed by atoms with Crippen molar-refractivity contribution in [3.05, 3.63) is 41.5 Å². The molecule has 21 heavy (non-hydrogen) atoms. The maximum absolute atomic E-state index is 5.47.